The third-order valence-corrected chi connectivity index (χ3v) is 4.97. The van der Waals surface area contributed by atoms with Crippen LogP contribution in [-0.2, 0) is 0 Å². The molecule has 27 heavy (non-hydrogen) atoms. The van der Waals surface area contributed by atoms with Gasteiger partial charge in [-0.05, 0) is 28.6 Å². The molecule has 2 heterocycles. The van der Waals surface area contributed by atoms with E-state index in [1.165, 1.54) is 5.39 Å². The quantitative estimate of drug-likeness (QED) is 0.429. The van der Waals surface area contributed by atoms with Crippen molar-refractivity contribution in [1.29, 1.82) is 0 Å². The van der Waals surface area contributed by atoms with Gasteiger partial charge in [0.15, 0.2) is 0 Å². The molecule has 0 N–H and O–H groups in total. The van der Waals surface area contributed by atoms with Crippen LogP contribution in [0.25, 0.3) is 21.9 Å². The first-order valence-electron chi connectivity index (χ1n) is 8.71. The summed E-state index contributed by atoms with van der Waals surface area (Å²) in [4.78, 5) is 9.11. The minimum atomic E-state index is 0.433. The Morgan fingerprint density at radius 2 is 1.67 bits per heavy atom. The zero-order valence-electron chi connectivity index (χ0n) is 14.4. The van der Waals surface area contributed by atoms with E-state index in [1.54, 1.807) is 6.07 Å². The molecule has 1 aliphatic heterocycles. The van der Waals surface area contributed by atoms with Crippen LogP contribution < -0.4 is 4.74 Å². The fourth-order valence-corrected chi connectivity index (χ4v) is 3.52. The lowest BCUT2D eigenvalue weighted by Crippen LogP contribution is -2.16. The van der Waals surface area contributed by atoms with Crippen LogP contribution in [0.3, 0.4) is 0 Å². The molecular weight excluding hydrogens is 356 g/mol. The number of ether oxygens (including phenoxy) is 1. The number of hydrogen-bond donors (Lipinski definition) is 0. The van der Waals surface area contributed by atoms with Gasteiger partial charge in [0.2, 0.25) is 0 Å². The first kappa shape index (κ1) is 16.0. The highest BCUT2D eigenvalue weighted by Crippen LogP contribution is 2.34. The largest absolute Gasteiger partial charge is 0.485 e. The van der Waals surface area contributed by atoms with Gasteiger partial charge in [-0.2, -0.15) is 0 Å². The Morgan fingerprint density at radius 1 is 0.852 bits per heavy atom. The molecule has 0 fully saturated rings. The van der Waals surface area contributed by atoms with Crippen molar-refractivity contribution < 1.29 is 4.74 Å². The van der Waals surface area contributed by atoms with Gasteiger partial charge in [0, 0.05) is 34.4 Å². The van der Waals surface area contributed by atoms with Gasteiger partial charge < -0.3 is 4.74 Å². The van der Waals surface area contributed by atoms with Crippen LogP contribution >= 0.6 is 11.6 Å². The summed E-state index contributed by atoms with van der Waals surface area (Å²) in [6.07, 6.45) is 3.81. The van der Waals surface area contributed by atoms with Crippen molar-refractivity contribution in [1.82, 2.24) is 4.98 Å². The highest BCUT2D eigenvalue weighted by atomic mass is 35.5. The van der Waals surface area contributed by atoms with Gasteiger partial charge >= 0.3 is 0 Å². The van der Waals surface area contributed by atoms with E-state index in [2.05, 4.69) is 47.4 Å². The number of fused-ring (bicyclic) bond motifs is 2. The van der Waals surface area contributed by atoms with Gasteiger partial charge in [0.1, 0.15) is 18.0 Å². The molecule has 0 unspecified atom stereocenters. The highest BCUT2D eigenvalue weighted by Gasteiger charge is 2.15. The third-order valence-electron chi connectivity index (χ3n) is 4.74. The first-order valence-corrected chi connectivity index (χ1v) is 9.09. The molecule has 3 aromatic carbocycles. The Kier molecular flexibility index (Phi) is 3.88. The molecule has 0 aliphatic carbocycles. The smallest absolute Gasteiger partial charge is 0.146 e. The van der Waals surface area contributed by atoms with E-state index in [1.807, 2.05) is 30.6 Å². The van der Waals surface area contributed by atoms with Crippen LogP contribution in [0, 0.1) is 0 Å². The average molecular weight is 371 g/mol. The fraction of sp³-hybridized carbons (Fsp3) is 0.0435. The number of benzene rings is 3. The van der Waals surface area contributed by atoms with Gasteiger partial charge in [-0.25, -0.2) is 4.99 Å². The van der Waals surface area contributed by atoms with E-state index in [9.17, 15) is 0 Å². The Morgan fingerprint density at radius 3 is 2.56 bits per heavy atom. The van der Waals surface area contributed by atoms with Gasteiger partial charge in [0.25, 0.3) is 0 Å². The maximum atomic E-state index is 6.01. The highest BCUT2D eigenvalue weighted by molar-refractivity contribution is 6.30. The van der Waals surface area contributed by atoms with Crippen molar-refractivity contribution in [3.05, 3.63) is 89.7 Å². The summed E-state index contributed by atoms with van der Waals surface area (Å²) < 4.78 is 5.82. The lowest BCUT2D eigenvalue weighted by atomic mass is 9.99. The number of aliphatic imine (C=N–C) groups is 1. The monoisotopic (exact) mass is 370 g/mol. The molecule has 4 heteroatoms. The Labute approximate surface area is 161 Å². The van der Waals surface area contributed by atoms with E-state index in [4.69, 9.17) is 21.3 Å². The van der Waals surface area contributed by atoms with Crippen molar-refractivity contribution >= 4 is 33.8 Å². The lowest BCUT2D eigenvalue weighted by Gasteiger charge is -2.17. The molecular formula is C23H15ClN2O. The minimum absolute atomic E-state index is 0.433. The number of rotatable bonds is 2. The second-order valence-electron chi connectivity index (χ2n) is 6.44. The summed E-state index contributed by atoms with van der Waals surface area (Å²) >= 11 is 6.01. The van der Waals surface area contributed by atoms with E-state index < -0.39 is 0 Å². The molecule has 5 rings (SSSR count). The maximum absolute atomic E-state index is 6.01. The second kappa shape index (κ2) is 6.53. The first-order chi connectivity index (χ1) is 13.3. The van der Waals surface area contributed by atoms with Gasteiger partial charge in [-0.15, -0.1) is 0 Å². The van der Waals surface area contributed by atoms with Crippen molar-refractivity contribution in [2.75, 3.05) is 6.61 Å². The topological polar surface area (TPSA) is 34.5 Å². The number of pyridine rings is 1. The molecule has 4 aromatic rings. The van der Waals surface area contributed by atoms with Crippen LogP contribution in [0.4, 0.5) is 5.69 Å². The number of halogens is 1. The Bertz CT molecular complexity index is 1180. The molecule has 0 amide bonds. The Hall–Kier alpha value is -3.17. The summed E-state index contributed by atoms with van der Waals surface area (Å²) in [5.74, 6) is 0.727. The van der Waals surface area contributed by atoms with E-state index in [0.29, 0.717) is 11.6 Å². The van der Waals surface area contributed by atoms with E-state index in [0.717, 1.165) is 39.2 Å². The molecule has 0 saturated carbocycles. The van der Waals surface area contributed by atoms with Crippen LogP contribution in [0.1, 0.15) is 5.56 Å². The van der Waals surface area contributed by atoms with Crippen molar-refractivity contribution in [2.45, 2.75) is 0 Å². The molecule has 1 aromatic heterocycles. The normalized spacial score (nSPS) is 13.0. The minimum Gasteiger partial charge on any atom is -0.485 e. The van der Waals surface area contributed by atoms with Crippen molar-refractivity contribution in [3.8, 4) is 16.9 Å². The molecule has 130 valence electrons. The van der Waals surface area contributed by atoms with Crippen LogP contribution in [0.15, 0.2) is 84.1 Å². The SMILES string of the molecule is Clc1ccc2c(c1)OCC(c1ccc(-c3cncc4ccccc34)cc1)=N2. The molecule has 0 atom stereocenters. The van der Waals surface area contributed by atoms with Gasteiger partial charge in [-0.1, -0.05) is 60.1 Å². The summed E-state index contributed by atoms with van der Waals surface area (Å²) in [6.45, 7) is 0.433. The predicted octanol–water partition coefficient (Wildman–Crippen LogP) is 6.07. The summed E-state index contributed by atoms with van der Waals surface area (Å²) in [7, 11) is 0. The zero-order chi connectivity index (χ0) is 18.2. The summed E-state index contributed by atoms with van der Waals surface area (Å²) in [5.41, 5.74) is 5.02. The molecule has 0 spiro atoms. The van der Waals surface area contributed by atoms with Gasteiger partial charge in [-0.3, -0.25) is 4.98 Å². The molecule has 3 nitrogen and oxygen atoms in total. The fourth-order valence-electron chi connectivity index (χ4n) is 3.36. The molecule has 0 bridgehead atoms. The second-order valence-corrected chi connectivity index (χ2v) is 6.88. The predicted molar refractivity (Wildman–Crippen MR) is 110 cm³/mol. The zero-order valence-corrected chi connectivity index (χ0v) is 15.1. The van der Waals surface area contributed by atoms with Gasteiger partial charge in [0.05, 0.1) is 5.71 Å². The molecule has 0 radical (unpaired) electrons. The Balaban J connectivity index is 1.51. The van der Waals surface area contributed by atoms with Crippen LogP contribution in [0.2, 0.25) is 5.02 Å². The molecule has 0 saturated heterocycles. The maximum Gasteiger partial charge on any atom is 0.146 e. The number of hydrogen-bond acceptors (Lipinski definition) is 3. The van der Waals surface area contributed by atoms with Crippen molar-refractivity contribution in [3.63, 3.8) is 0 Å². The van der Waals surface area contributed by atoms with Crippen LogP contribution in [0.5, 0.6) is 5.75 Å². The summed E-state index contributed by atoms with van der Waals surface area (Å²) in [5, 5.41) is 2.99. The van der Waals surface area contributed by atoms with Crippen molar-refractivity contribution in [2.24, 2.45) is 4.99 Å². The lowest BCUT2D eigenvalue weighted by molar-refractivity contribution is 0.373. The third kappa shape index (κ3) is 2.96. The van der Waals surface area contributed by atoms with E-state index in [-0.39, 0.29) is 0 Å². The standard InChI is InChI=1S/C23H15ClN2O/c24-18-9-10-21-23(11-18)27-14-22(26-21)16-7-5-15(6-8-16)20-13-25-12-17-3-1-2-4-19(17)20/h1-13H,14H2. The number of nitrogens with zero attached hydrogens (tertiary/aromatic N) is 2. The summed E-state index contributed by atoms with van der Waals surface area (Å²) in [6, 6.07) is 22.2. The average Bonchev–Trinajstić information content (AvgIpc) is 2.73. The molecule has 1 aliphatic rings. The van der Waals surface area contributed by atoms with E-state index >= 15 is 0 Å². The van der Waals surface area contributed by atoms with Crippen LogP contribution in [-0.4, -0.2) is 17.3 Å². The number of aromatic nitrogens is 1.